The lowest BCUT2D eigenvalue weighted by molar-refractivity contribution is -0.0147. The van der Waals surface area contributed by atoms with E-state index in [0.717, 1.165) is 18.9 Å². The van der Waals surface area contributed by atoms with Gasteiger partial charge in [-0.3, -0.25) is 9.18 Å². The molecule has 1 aromatic heterocycles. The molecular weight excluding hydrogens is 392 g/mol. The molecule has 2 aliphatic carbocycles. The van der Waals surface area contributed by atoms with E-state index in [9.17, 15) is 19.1 Å². The first-order chi connectivity index (χ1) is 14.2. The van der Waals surface area contributed by atoms with Crippen molar-refractivity contribution in [3.8, 4) is 12.3 Å². The second-order valence-electron chi connectivity index (χ2n) is 9.14. The first-order valence-corrected chi connectivity index (χ1v) is 9.92. The van der Waals surface area contributed by atoms with Crippen LogP contribution in [0.5, 0.6) is 0 Å². The van der Waals surface area contributed by atoms with Crippen LogP contribution in [-0.4, -0.2) is 40.9 Å². The summed E-state index contributed by atoms with van der Waals surface area (Å²) in [6, 6.07) is 1.06. The van der Waals surface area contributed by atoms with Crippen molar-refractivity contribution in [2.24, 2.45) is 11.1 Å². The molecule has 0 unspecified atom stereocenters. The van der Waals surface area contributed by atoms with Gasteiger partial charge in [-0.15, -0.1) is 6.42 Å². The lowest BCUT2D eigenvalue weighted by Crippen LogP contribution is -2.72. The standard InChI is InChI=1S/C22H21F2N3O3/c1-2-13-17-14(19(28)15(20(29)30)6-27(17)12-3-4-12)5-16(24)18(13)26-10-21(9-23)7-22(25,8-21)11-26/h1,5-6,12H,3-4,7-11,25H2,(H,29,30). The number of hydrogen-bond acceptors (Lipinski definition) is 4. The van der Waals surface area contributed by atoms with Crippen LogP contribution in [-0.2, 0) is 0 Å². The molecule has 30 heavy (non-hydrogen) atoms. The number of carbonyl (C=O) groups is 1. The number of pyridine rings is 1. The third-order valence-electron chi connectivity index (χ3n) is 6.64. The van der Waals surface area contributed by atoms with E-state index in [0.29, 0.717) is 31.4 Å². The Bertz CT molecular complexity index is 1200. The second kappa shape index (κ2) is 6.05. The second-order valence-corrected chi connectivity index (χ2v) is 9.14. The number of rotatable bonds is 4. The van der Waals surface area contributed by atoms with Gasteiger partial charge in [0.2, 0.25) is 5.43 Å². The van der Waals surface area contributed by atoms with E-state index in [1.54, 1.807) is 9.47 Å². The summed E-state index contributed by atoms with van der Waals surface area (Å²) in [6.45, 7) is 0.0882. The SMILES string of the molecule is C#Cc1c(N2CC3(N)CC(CF)(C2)C3)c(F)cc2c(=O)c(C(=O)O)cn(C3CC3)c12. The van der Waals surface area contributed by atoms with E-state index in [4.69, 9.17) is 12.2 Å². The maximum Gasteiger partial charge on any atom is 0.341 e. The van der Waals surface area contributed by atoms with E-state index in [1.807, 2.05) is 0 Å². The van der Waals surface area contributed by atoms with Gasteiger partial charge in [0.25, 0.3) is 0 Å². The Kier molecular flexibility index (Phi) is 3.84. The van der Waals surface area contributed by atoms with Crippen LogP contribution in [0.4, 0.5) is 14.5 Å². The molecule has 1 aromatic carbocycles. The van der Waals surface area contributed by atoms with E-state index >= 15 is 4.39 Å². The van der Waals surface area contributed by atoms with Crippen LogP contribution >= 0.6 is 0 Å². The minimum absolute atomic E-state index is 0.00408. The topological polar surface area (TPSA) is 88.6 Å². The Balaban J connectivity index is 1.77. The highest BCUT2D eigenvalue weighted by molar-refractivity contribution is 5.96. The number of nitrogens with two attached hydrogens (primary N) is 1. The number of anilines is 1. The summed E-state index contributed by atoms with van der Waals surface area (Å²) in [5, 5.41) is 9.36. The summed E-state index contributed by atoms with van der Waals surface area (Å²) in [7, 11) is 0. The zero-order valence-electron chi connectivity index (χ0n) is 16.3. The molecule has 6 rings (SSSR count). The maximum absolute atomic E-state index is 15.3. The van der Waals surface area contributed by atoms with Gasteiger partial charge in [0.05, 0.1) is 28.8 Å². The van der Waals surface area contributed by atoms with Crippen LogP contribution in [0.3, 0.4) is 0 Å². The summed E-state index contributed by atoms with van der Waals surface area (Å²) in [6.07, 6.45) is 9.81. The van der Waals surface area contributed by atoms with Crippen LogP contribution in [0.1, 0.15) is 47.6 Å². The van der Waals surface area contributed by atoms with Gasteiger partial charge in [-0.25, -0.2) is 9.18 Å². The smallest absolute Gasteiger partial charge is 0.341 e. The molecule has 4 aliphatic rings. The summed E-state index contributed by atoms with van der Waals surface area (Å²) in [4.78, 5) is 26.0. The molecular formula is C22H21F2N3O3. The molecule has 0 spiro atoms. The van der Waals surface area contributed by atoms with Crippen LogP contribution in [0, 0.1) is 23.6 Å². The maximum atomic E-state index is 15.3. The summed E-state index contributed by atoms with van der Waals surface area (Å²) >= 11 is 0. The number of terminal acetylenes is 1. The lowest BCUT2D eigenvalue weighted by atomic mass is 9.55. The number of hydrogen-bond donors (Lipinski definition) is 2. The van der Waals surface area contributed by atoms with E-state index in [1.165, 1.54) is 6.20 Å². The van der Waals surface area contributed by atoms with Gasteiger partial charge in [0, 0.05) is 36.3 Å². The van der Waals surface area contributed by atoms with Crippen molar-refractivity contribution >= 4 is 22.6 Å². The molecule has 0 radical (unpaired) electrons. The predicted molar refractivity (Wildman–Crippen MR) is 108 cm³/mol. The molecule has 6 nitrogen and oxygen atoms in total. The Morgan fingerprint density at radius 2 is 2.07 bits per heavy atom. The number of carboxylic acids is 1. The molecule has 156 valence electrons. The third kappa shape index (κ3) is 2.58. The van der Waals surface area contributed by atoms with Crippen molar-refractivity contribution in [2.45, 2.75) is 37.3 Å². The van der Waals surface area contributed by atoms with Gasteiger partial charge in [-0.05, 0) is 31.7 Å². The number of fused-ring (bicyclic) bond motifs is 3. The van der Waals surface area contributed by atoms with Crippen LogP contribution in [0.25, 0.3) is 10.9 Å². The first kappa shape index (κ1) is 19.1. The predicted octanol–water partition coefficient (Wildman–Crippen LogP) is 2.42. The van der Waals surface area contributed by atoms with Crippen molar-refractivity contribution in [3.05, 3.63) is 39.4 Å². The number of halogens is 2. The molecule has 2 aliphatic heterocycles. The van der Waals surface area contributed by atoms with Gasteiger partial charge in [-0.2, -0.15) is 0 Å². The van der Waals surface area contributed by atoms with Crippen molar-refractivity contribution < 1.29 is 18.7 Å². The highest BCUT2D eigenvalue weighted by Crippen LogP contribution is 2.53. The van der Waals surface area contributed by atoms with Crippen LogP contribution in [0.15, 0.2) is 17.1 Å². The number of carboxylic acid groups (broad SMARTS) is 1. The fraction of sp³-hybridized carbons (Fsp3) is 0.455. The first-order valence-electron chi connectivity index (χ1n) is 9.92. The molecule has 4 fully saturated rings. The lowest BCUT2D eigenvalue weighted by Gasteiger charge is -2.61. The minimum Gasteiger partial charge on any atom is -0.477 e. The Hall–Kier alpha value is -2.92. The summed E-state index contributed by atoms with van der Waals surface area (Å²) < 4.78 is 30.8. The van der Waals surface area contributed by atoms with Gasteiger partial charge < -0.3 is 20.3 Å². The quantitative estimate of drug-likeness (QED) is 0.752. The van der Waals surface area contributed by atoms with Crippen molar-refractivity contribution in [3.63, 3.8) is 0 Å². The Morgan fingerprint density at radius 3 is 2.63 bits per heavy atom. The summed E-state index contributed by atoms with van der Waals surface area (Å²) in [5.41, 5.74) is 4.63. The van der Waals surface area contributed by atoms with Crippen LogP contribution < -0.4 is 16.1 Å². The number of piperidine rings is 2. The van der Waals surface area contributed by atoms with Gasteiger partial charge in [0.1, 0.15) is 11.4 Å². The number of alkyl halides is 1. The van der Waals surface area contributed by atoms with Crippen molar-refractivity contribution in [1.29, 1.82) is 0 Å². The zero-order chi connectivity index (χ0) is 21.4. The third-order valence-corrected chi connectivity index (χ3v) is 6.64. The highest BCUT2D eigenvalue weighted by Gasteiger charge is 2.58. The summed E-state index contributed by atoms with van der Waals surface area (Å²) in [5.74, 6) is 0.433. The average molecular weight is 413 g/mol. The number of aromatic nitrogens is 1. The molecule has 2 saturated heterocycles. The van der Waals surface area contributed by atoms with Crippen molar-refractivity contribution in [2.75, 3.05) is 24.7 Å². The molecule has 8 heteroatoms. The van der Waals surface area contributed by atoms with E-state index < -0.39 is 40.4 Å². The monoisotopic (exact) mass is 413 g/mol. The number of aromatic carboxylic acids is 1. The minimum atomic E-state index is -1.37. The fourth-order valence-corrected chi connectivity index (χ4v) is 5.52. The molecule has 0 atom stereocenters. The fourth-order valence-electron chi connectivity index (χ4n) is 5.52. The highest BCUT2D eigenvalue weighted by atomic mass is 19.1. The van der Waals surface area contributed by atoms with E-state index in [2.05, 4.69) is 5.92 Å². The molecule has 3 N–H and O–H groups in total. The molecule has 0 amide bonds. The largest absolute Gasteiger partial charge is 0.477 e. The molecule has 2 saturated carbocycles. The average Bonchev–Trinajstić information content (AvgIpc) is 3.51. The van der Waals surface area contributed by atoms with Crippen LogP contribution in [0.2, 0.25) is 0 Å². The van der Waals surface area contributed by atoms with Gasteiger partial charge >= 0.3 is 5.97 Å². The van der Waals surface area contributed by atoms with E-state index in [-0.39, 0.29) is 22.7 Å². The normalized spacial score (nSPS) is 27.6. The van der Waals surface area contributed by atoms with Gasteiger partial charge in [-0.1, -0.05) is 5.92 Å². The molecule has 2 bridgehead atoms. The van der Waals surface area contributed by atoms with Crippen molar-refractivity contribution in [1.82, 2.24) is 4.57 Å². The van der Waals surface area contributed by atoms with Gasteiger partial charge in [0.15, 0.2) is 0 Å². The molecule has 3 heterocycles. The number of nitrogens with zero attached hydrogens (tertiary/aromatic N) is 2. The zero-order valence-corrected chi connectivity index (χ0v) is 16.3. The Morgan fingerprint density at radius 1 is 1.37 bits per heavy atom. The number of benzene rings is 1. The molecule has 2 aromatic rings. The Labute approximate surface area is 171 Å².